The zero-order valence-electron chi connectivity index (χ0n) is 19.9. The number of rotatable bonds is 9. The molecule has 0 saturated carbocycles. The Morgan fingerprint density at radius 3 is 2.74 bits per heavy atom. The molecular formula is C25H27FN8O. The molecule has 0 fully saturated rings. The highest BCUT2D eigenvalue weighted by molar-refractivity contribution is 6.01. The van der Waals surface area contributed by atoms with Gasteiger partial charge in [0.15, 0.2) is 5.65 Å². The number of benzene rings is 2. The standard InChI is InChI=1S/C25H27FN8O/c1-5-23(35)30-21-14-19(9-10-22(21)33(4)12-11-32(2)3)29-25-27-16-34-24(31-25)20(15-28-34)17-7-6-8-18(26)13-17/h5-10,13-16H,1,11-12H2,2-4H3,(H,29,31)(H,30,35). The van der Waals surface area contributed by atoms with Gasteiger partial charge in [-0.25, -0.2) is 13.9 Å². The highest BCUT2D eigenvalue weighted by Gasteiger charge is 2.13. The molecule has 4 aromatic rings. The van der Waals surface area contributed by atoms with E-state index < -0.39 is 0 Å². The van der Waals surface area contributed by atoms with Crippen LogP contribution < -0.4 is 15.5 Å². The highest BCUT2D eigenvalue weighted by atomic mass is 19.1. The van der Waals surface area contributed by atoms with Crippen LogP contribution in [0.3, 0.4) is 0 Å². The second kappa shape index (κ2) is 10.3. The normalized spacial score (nSPS) is 11.0. The molecule has 0 bridgehead atoms. The predicted octanol–water partition coefficient (Wildman–Crippen LogP) is 3.80. The lowest BCUT2D eigenvalue weighted by Gasteiger charge is -2.24. The molecule has 0 aliphatic rings. The van der Waals surface area contributed by atoms with Gasteiger partial charge in [-0.3, -0.25) is 4.79 Å². The van der Waals surface area contributed by atoms with E-state index in [0.717, 1.165) is 18.8 Å². The molecule has 0 saturated heterocycles. The summed E-state index contributed by atoms with van der Waals surface area (Å²) in [6.07, 6.45) is 4.40. The number of halogens is 1. The average Bonchev–Trinajstić information content (AvgIpc) is 3.26. The maximum Gasteiger partial charge on any atom is 0.247 e. The molecular weight excluding hydrogens is 447 g/mol. The lowest BCUT2D eigenvalue weighted by atomic mass is 10.1. The van der Waals surface area contributed by atoms with Crippen LogP contribution in [0.25, 0.3) is 16.8 Å². The summed E-state index contributed by atoms with van der Waals surface area (Å²) in [5, 5.41) is 10.3. The quantitative estimate of drug-likeness (QED) is 0.357. The Kier molecular flexibility index (Phi) is 7.02. The van der Waals surface area contributed by atoms with Crippen LogP contribution in [0, 0.1) is 5.82 Å². The lowest BCUT2D eigenvalue weighted by Crippen LogP contribution is -2.29. The fraction of sp³-hybridized carbons (Fsp3) is 0.200. The summed E-state index contributed by atoms with van der Waals surface area (Å²) in [4.78, 5) is 25.1. The number of amides is 1. The molecule has 35 heavy (non-hydrogen) atoms. The van der Waals surface area contributed by atoms with Crippen LogP contribution in [0.1, 0.15) is 0 Å². The van der Waals surface area contributed by atoms with E-state index in [-0.39, 0.29) is 11.7 Å². The number of fused-ring (bicyclic) bond motifs is 1. The summed E-state index contributed by atoms with van der Waals surface area (Å²) in [5.41, 5.74) is 4.08. The summed E-state index contributed by atoms with van der Waals surface area (Å²) in [6.45, 7) is 5.18. The molecule has 4 rings (SSSR count). The van der Waals surface area contributed by atoms with Crippen LogP contribution in [0.15, 0.2) is 67.6 Å². The van der Waals surface area contributed by atoms with Crippen molar-refractivity contribution in [3.8, 4) is 11.1 Å². The van der Waals surface area contributed by atoms with Gasteiger partial charge in [0.25, 0.3) is 0 Å². The van der Waals surface area contributed by atoms with Crippen molar-refractivity contribution in [1.82, 2.24) is 24.5 Å². The molecule has 0 aliphatic carbocycles. The predicted molar refractivity (Wildman–Crippen MR) is 137 cm³/mol. The van der Waals surface area contributed by atoms with Crippen molar-refractivity contribution in [2.75, 3.05) is 49.8 Å². The van der Waals surface area contributed by atoms with E-state index >= 15 is 0 Å². The Morgan fingerprint density at radius 2 is 2.00 bits per heavy atom. The van der Waals surface area contributed by atoms with E-state index in [1.807, 2.05) is 39.3 Å². The third-order valence-corrected chi connectivity index (χ3v) is 5.40. The van der Waals surface area contributed by atoms with Crippen molar-refractivity contribution in [1.29, 1.82) is 0 Å². The van der Waals surface area contributed by atoms with Gasteiger partial charge >= 0.3 is 0 Å². The fourth-order valence-corrected chi connectivity index (χ4v) is 3.54. The number of carbonyl (C=O) groups excluding carboxylic acids is 1. The minimum atomic E-state index is -0.334. The molecule has 0 spiro atoms. The zero-order valence-corrected chi connectivity index (χ0v) is 19.9. The van der Waals surface area contributed by atoms with Gasteiger partial charge in [0.05, 0.1) is 17.6 Å². The maximum absolute atomic E-state index is 13.7. The van der Waals surface area contributed by atoms with Crippen LogP contribution in [0.4, 0.5) is 27.4 Å². The van der Waals surface area contributed by atoms with Gasteiger partial charge in [0, 0.05) is 31.4 Å². The van der Waals surface area contributed by atoms with Crippen LogP contribution in [0.2, 0.25) is 0 Å². The second-order valence-electron chi connectivity index (χ2n) is 8.29. The van der Waals surface area contributed by atoms with Crippen LogP contribution in [-0.2, 0) is 4.79 Å². The van der Waals surface area contributed by atoms with Gasteiger partial charge in [-0.15, -0.1) is 0 Å². The van der Waals surface area contributed by atoms with Crippen molar-refractivity contribution in [2.45, 2.75) is 0 Å². The molecule has 0 radical (unpaired) electrons. The molecule has 180 valence electrons. The van der Waals surface area contributed by atoms with E-state index in [4.69, 9.17) is 0 Å². The number of nitrogens with zero attached hydrogens (tertiary/aromatic N) is 6. The number of likely N-dealkylation sites (N-methyl/N-ethyl adjacent to an activating group) is 2. The Balaban J connectivity index is 1.64. The number of anilines is 4. The van der Waals surface area contributed by atoms with Gasteiger partial charge < -0.3 is 20.4 Å². The first kappa shape index (κ1) is 23.8. The Morgan fingerprint density at radius 1 is 1.17 bits per heavy atom. The largest absolute Gasteiger partial charge is 0.372 e. The first-order valence-electron chi connectivity index (χ1n) is 11.0. The van der Waals surface area contributed by atoms with Crippen LogP contribution in [0.5, 0.6) is 0 Å². The summed E-state index contributed by atoms with van der Waals surface area (Å²) >= 11 is 0. The molecule has 0 aliphatic heterocycles. The molecule has 10 heteroatoms. The first-order valence-corrected chi connectivity index (χ1v) is 11.0. The van der Waals surface area contributed by atoms with Gasteiger partial charge in [-0.2, -0.15) is 10.1 Å². The third kappa shape index (κ3) is 5.61. The monoisotopic (exact) mass is 474 g/mol. The van der Waals surface area contributed by atoms with Crippen molar-refractivity contribution in [3.63, 3.8) is 0 Å². The minimum absolute atomic E-state index is 0.305. The Bertz CT molecular complexity index is 1370. The van der Waals surface area contributed by atoms with Crippen molar-refractivity contribution < 1.29 is 9.18 Å². The molecule has 9 nitrogen and oxygen atoms in total. The number of hydrogen-bond donors (Lipinski definition) is 2. The SMILES string of the molecule is C=CC(=O)Nc1cc(Nc2ncn3ncc(-c4cccc(F)c4)c3n2)ccc1N(C)CCN(C)C. The first-order chi connectivity index (χ1) is 16.8. The van der Waals surface area contributed by atoms with Crippen LogP contribution in [-0.4, -0.2) is 64.6 Å². The molecule has 0 atom stereocenters. The minimum Gasteiger partial charge on any atom is -0.372 e. The lowest BCUT2D eigenvalue weighted by molar-refractivity contribution is -0.111. The van der Waals surface area contributed by atoms with E-state index in [1.165, 1.54) is 29.1 Å². The second-order valence-corrected chi connectivity index (χ2v) is 8.29. The van der Waals surface area contributed by atoms with Crippen molar-refractivity contribution >= 4 is 34.6 Å². The molecule has 2 heterocycles. The number of carbonyl (C=O) groups is 1. The van der Waals surface area contributed by atoms with E-state index in [1.54, 1.807) is 18.3 Å². The highest BCUT2D eigenvalue weighted by Crippen LogP contribution is 2.30. The van der Waals surface area contributed by atoms with Crippen molar-refractivity contribution in [2.24, 2.45) is 0 Å². The van der Waals surface area contributed by atoms with E-state index in [2.05, 4.69) is 42.1 Å². The summed E-state index contributed by atoms with van der Waals surface area (Å²) in [6, 6.07) is 11.9. The number of hydrogen-bond acceptors (Lipinski definition) is 7. The molecule has 1 amide bonds. The maximum atomic E-state index is 13.7. The Hall–Kier alpha value is -4.31. The smallest absolute Gasteiger partial charge is 0.247 e. The number of nitrogens with one attached hydrogen (secondary N) is 2. The molecule has 2 aromatic carbocycles. The van der Waals surface area contributed by atoms with Crippen molar-refractivity contribution in [3.05, 3.63) is 73.5 Å². The third-order valence-electron chi connectivity index (χ3n) is 5.40. The Labute approximate surface area is 202 Å². The van der Waals surface area contributed by atoms with E-state index in [9.17, 15) is 9.18 Å². The zero-order chi connectivity index (χ0) is 24.9. The molecule has 2 aromatic heterocycles. The summed E-state index contributed by atoms with van der Waals surface area (Å²) in [7, 11) is 6.00. The van der Waals surface area contributed by atoms with Gasteiger partial charge in [-0.05, 0) is 56.1 Å². The summed E-state index contributed by atoms with van der Waals surface area (Å²) in [5.74, 6) is -0.301. The summed E-state index contributed by atoms with van der Waals surface area (Å²) < 4.78 is 15.3. The molecule has 2 N–H and O–H groups in total. The van der Waals surface area contributed by atoms with E-state index in [0.29, 0.717) is 34.1 Å². The van der Waals surface area contributed by atoms with Crippen LogP contribution >= 0.6 is 0 Å². The number of aromatic nitrogens is 4. The van der Waals surface area contributed by atoms with Gasteiger partial charge in [0.2, 0.25) is 11.9 Å². The van der Waals surface area contributed by atoms with Gasteiger partial charge in [0.1, 0.15) is 12.1 Å². The molecule has 0 unspecified atom stereocenters. The van der Waals surface area contributed by atoms with Gasteiger partial charge in [-0.1, -0.05) is 18.7 Å². The topological polar surface area (TPSA) is 90.7 Å². The average molecular weight is 475 g/mol. The fourth-order valence-electron chi connectivity index (χ4n) is 3.54.